The van der Waals surface area contributed by atoms with Gasteiger partial charge in [0.15, 0.2) is 5.82 Å². The molecule has 6 heteroatoms. The van der Waals surface area contributed by atoms with Crippen molar-refractivity contribution in [2.24, 2.45) is 5.73 Å². The molecule has 0 aliphatic heterocycles. The minimum Gasteiger partial charge on any atom is -0.489 e. The standard InChI is InChI=1S/C10H16N4O2/c1-16-7-8(13-6-14-9(7)15)12-5-10(11)3-2-4-10/h6H,2-5,11H2,1H3,(H2,12,13,14,15). The number of anilines is 1. The van der Waals surface area contributed by atoms with Gasteiger partial charge in [-0.3, -0.25) is 4.79 Å². The van der Waals surface area contributed by atoms with E-state index in [1.807, 2.05) is 0 Å². The number of H-pyrrole nitrogens is 1. The van der Waals surface area contributed by atoms with Gasteiger partial charge in [0.05, 0.1) is 13.4 Å². The lowest BCUT2D eigenvalue weighted by Gasteiger charge is -2.38. The van der Waals surface area contributed by atoms with Crippen LogP contribution in [0.3, 0.4) is 0 Å². The number of nitrogens with two attached hydrogens (primary N) is 1. The lowest BCUT2D eigenvalue weighted by molar-refractivity contribution is 0.265. The Balaban J connectivity index is 2.09. The van der Waals surface area contributed by atoms with Gasteiger partial charge in [-0.2, -0.15) is 0 Å². The van der Waals surface area contributed by atoms with E-state index in [1.54, 1.807) is 0 Å². The highest BCUT2D eigenvalue weighted by molar-refractivity contribution is 5.48. The molecular formula is C10H16N4O2. The Kier molecular flexibility index (Phi) is 2.82. The molecular weight excluding hydrogens is 208 g/mol. The molecule has 0 bridgehead atoms. The topological polar surface area (TPSA) is 93.0 Å². The van der Waals surface area contributed by atoms with E-state index in [1.165, 1.54) is 13.4 Å². The molecule has 0 spiro atoms. The Labute approximate surface area is 93.2 Å². The van der Waals surface area contributed by atoms with Crippen LogP contribution < -0.4 is 21.3 Å². The minimum absolute atomic E-state index is 0.157. The van der Waals surface area contributed by atoms with Crippen LogP contribution in [0.2, 0.25) is 0 Å². The van der Waals surface area contributed by atoms with Crippen LogP contribution in [0, 0.1) is 0 Å². The molecule has 0 saturated heterocycles. The van der Waals surface area contributed by atoms with Crippen LogP contribution in [0.4, 0.5) is 5.82 Å². The molecule has 88 valence electrons. The number of hydrogen-bond acceptors (Lipinski definition) is 5. The maximum atomic E-state index is 11.4. The third kappa shape index (κ3) is 2.01. The number of methoxy groups -OCH3 is 1. The predicted molar refractivity (Wildman–Crippen MR) is 60.7 cm³/mol. The van der Waals surface area contributed by atoms with Gasteiger partial charge in [-0.25, -0.2) is 4.98 Å². The first kappa shape index (κ1) is 10.9. The Morgan fingerprint density at radius 3 is 3.00 bits per heavy atom. The molecule has 0 radical (unpaired) electrons. The summed E-state index contributed by atoms with van der Waals surface area (Å²) in [6.45, 7) is 0.611. The summed E-state index contributed by atoms with van der Waals surface area (Å²) in [5.41, 5.74) is 5.61. The second-order valence-electron chi connectivity index (χ2n) is 4.18. The molecule has 1 aromatic rings. The zero-order valence-corrected chi connectivity index (χ0v) is 9.25. The summed E-state index contributed by atoms with van der Waals surface area (Å²) in [6.07, 6.45) is 4.52. The fourth-order valence-electron chi connectivity index (χ4n) is 1.77. The Morgan fingerprint density at radius 1 is 1.69 bits per heavy atom. The molecule has 4 N–H and O–H groups in total. The first-order chi connectivity index (χ1) is 7.64. The van der Waals surface area contributed by atoms with Crippen LogP contribution >= 0.6 is 0 Å². The van der Waals surface area contributed by atoms with Crippen molar-refractivity contribution in [1.29, 1.82) is 0 Å². The highest BCUT2D eigenvalue weighted by Gasteiger charge is 2.32. The van der Waals surface area contributed by atoms with E-state index in [2.05, 4.69) is 15.3 Å². The monoisotopic (exact) mass is 224 g/mol. The van der Waals surface area contributed by atoms with Crippen molar-refractivity contribution in [2.45, 2.75) is 24.8 Å². The molecule has 6 nitrogen and oxygen atoms in total. The largest absolute Gasteiger partial charge is 0.489 e. The molecule has 0 amide bonds. The SMILES string of the molecule is COc1c(NCC2(N)CCC2)nc[nH]c1=O. The molecule has 0 aromatic carbocycles. The van der Waals surface area contributed by atoms with Crippen LogP contribution in [0.15, 0.2) is 11.1 Å². The van der Waals surface area contributed by atoms with E-state index in [4.69, 9.17) is 10.5 Å². The van der Waals surface area contributed by atoms with Gasteiger partial charge in [0, 0.05) is 12.1 Å². The zero-order chi connectivity index (χ0) is 11.6. The molecule has 2 rings (SSSR count). The summed E-state index contributed by atoms with van der Waals surface area (Å²) < 4.78 is 4.98. The van der Waals surface area contributed by atoms with Crippen molar-refractivity contribution in [2.75, 3.05) is 19.0 Å². The second-order valence-corrected chi connectivity index (χ2v) is 4.18. The first-order valence-corrected chi connectivity index (χ1v) is 5.29. The summed E-state index contributed by atoms with van der Waals surface area (Å²) in [4.78, 5) is 17.9. The van der Waals surface area contributed by atoms with Crippen molar-refractivity contribution in [1.82, 2.24) is 9.97 Å². The van der Waals surface area contributed by atoms with Gasteiger partial charge < -0.3 is 20.8 Å². The maximum absolute atomic E-state index is 11.4. The van der Waals surface area contributed by atoms with Gasteiger partial charge in [-0.1, -0.05) is 0 Å². The van der Waals surface area contributed by atoms with Crippen molar-refractivity contribution in [3.8, 4) is 5.75 Å². The van der Waals surface area contributed by atoms with Gasteiger partial charge in [-0.15, -0.1) is 0 Å². The van der Waals surface area contributed by atoms with E-state index in [9.17, 15) is 4.79 Å². The van der Waals surface area contributed by atoms with Crippen molar-refractivity contribution >= 4 is 5.82 Å². The van der Waals surface area contributed by atoms with E-state index in [-0.39, 0.29) is 16.8 Å². The Bertz CT molecular complexity index is 425. The molecule has 1 aliphatic rings. The van der Waals surface area contributed by atoms with Crippen molar-refractivity contribution in [3.05, 3.63) is 16.7 Å². The number of aromatic nitrogens is 2. The third-order valence-electron chi connectivity index (χ3n) is 2.97. The van der Waals surface area contributed by atoms with Gasteiger partial charge in [-0.05, 0) is 19.3 Å². The zero-order valence-electron chi connectivity index (χ0n) is 9.25. The minimum atomic E-state index is -0.292. The van der Waals surface area contributed by atoms with Gasteiger partial charge in [0.1, 0.15) is 0 Å². The predicted octanol–water partition coefficient (Wildman–Crippen LogP) is 0.0718. The van der Waals surface area contributed by atoms with Gasteiger partial charge >= 0.3 is 0 Å². The summed E-state index contributed by atoms with van der Waals surface area (Å²) in [7, 11) is 1.44. The molecule has 1 saturated carbocycles. The number of hydrogen-bond donors (Lipinski definition) is 3. The molecule has 1 aliphatic carbocycles. The van der Waals surface area contributed by atoms with Crippen LogP contribution in [0.1, 0.15) is 19.3 Å². The summed E-state index contributed by atoms with van der Waals surface area (Å²) in [5.74, 6) is 0.647. The summed E-state index contributed by atoms with van der Waals surface area (Å²) >= 11 is 0. The van der Waals surface area contributed by atoms with Crippen molar-refractivity contribution in [3.63, 3.8) is 0 Å². The molecule has 16 heavy (non-hydrogen) atoms. The average Bonchev–Trinajstić information content (AvgIpc) is 2.24. The molecule has 0 atom stereocenters. The summed E-state index contributed by atoms with van der Waals surface area (Å²) in [6, 6.07) is 0. The number of ether oxygens (including phenoxy) is 1. The van der Waals surface area contributed by atoms with E-state index in [0.717, 1.165) is 19.3 Å². The lowest BCUT2D eigenvalue weighted by atomic mass is 9.78. The Hall–Kier alpha value is -1.56. The number of aromatic amines is 1. The normalized spacial score (nSPS) is 17.6. The van der Waals surface area contributed by atoms with Crippen molar-refractivity contribution < 1.29 is 4.74 Å². The number of rotatable bonds is 4. The number of nitrogens with zero attached hydrogens (tertiary/aromatic N) is 1. The van der Waals surface area contributed by atoms with Crippen LogP contribution in [-0.4, -0.2) is 29.2 Å². The first-order valence-electron chi connectivity index (χ1n) is 5.29. The highest BCUT2D eigenvalue weighted by atomic mass is 16.5. The highest BCUT2D eigenvalue weighted by Crippen LogP contribution is 2.29. The fraction of sp³-hybridized carbons (Fsp3) is 0.600. The molecule has 0 unspecified atom stereocenters. The third-order valence-corrected chi connectivity index (χ3v) is 2.97. The molecule has 1 heterocycles. The van der Waals surface area contributed by atoms with Gasteiger partial charge in [0.2, 0.25) is 5.75 Å². The smallest absolute Gasteiger partial charge is 0.295 e. The molecule has 1 aromatic heterocycles. The summed E-state index contributed by atoms with van der Waals surface area (Å²) in [5, 5.41) is 3.07. The lowest BCUT2D eigenvalue weighted by Crippen LogP contribution is -2.52. The number of nitrogens with one attached hydrogen (secondary N) is 2. The molecule has 1 fully saturated rings. The fourth-order valence-corrected chi connectivity index (χ4v) is 1.77. The van der Waals surface area contributed by atoms with E-state index < -0.39 is 0 Å². The van der Waals surface area contributed by atoms with Gasteiger partial charge in [0.25, 0.3) is 5.56 Å². The van der Waals surface area contributed by atoms with E-state index >= 15 is 0 Å². The maximum Gasteiger partial charge on any atom is 0.295 e. The average molecular weight is 224 g/mol. The quantitative estimate of drug-likeness (QED) is 0.673. The van der Waals surface area contributed by atoms with Crippen LogP contribution in [0.5, 0.6) is 5.75 Å². The van der Waals surface area contributed by atoms with Crippen LogP contribution in [0.25, 0.3) is 0 Å². The van der Waals surface area contributed by atoms with E-state index in [0.29, 0.717) is 12.4 Å². The van der Waals surface area contributed by atoms with Crippen LogP contribution in [-0.2, 0) is 0 Å². The second kappa shape index (κ2) is 4.13. The Morgan fingerprint density at radius 2 is 2.44 bits per heavy atom.